The van der Waals surface area contributed by atoms with Gasteiger partial charge in [-0.3, -0.25) is 4.79 Å². The van der Waals surface area contributed by atoms with Gasteiger partial charge in [0, 0.05) is 32.4 Å². The number of hydrogen-bond acceptors (Lipinski definition) is 7. The molecule has 1 aliphatic heterocycles. The number of sulfonamides is 1. The number of piperazine rings is 1. The summed E-state index contributed by atoms with van der Waals surface area (Å²) in [6.45, 7) is 4.42. The summed E-state index contributed by atoms with van der Waals surface area (Å²) in [6.07, 6.45) is 1.69. The van der Waals surface area contributed by atoms with Gasteiger partial charge >= 0.3 is 5.97 Å². The molecule has 1 saturated heterocycles. The summed E-state index contributed by atoms with van der Waals surface area (Å²) in [5.41, 5.74) is 1.13. The quantitative estimate of drug-likeness (QED) is 0.670. The number of pyridine rings is 1. The Morgan fingerprint density at radius 1 is 1.07 bits per heavy atom. The fourth-order valence-corrected chi connectivity index (χ4v) is 3.69. The number of anilines is 1. The Morgan fingerprint density at radius 3 is 2.27 bits per heavy atom. The molecule has 0 unspecified atom stereocenters. The van der Waals surface area contributed by atoms with Crippen molar-refractivity contribution in [2.45, 2.75) is 18.2 Å². The molecule has 0 spiro atoms. The van der Waals surface area contributed by atoms with Crippen molar-refractivity contribution in [2.75, 3.05) is 37.7 Å². The molecule has 0 atom stereocenters. The first-order chi connectivity index (χ1) is 14.3. The third-order valence-corrected chi connectivity index (χ3v) is 5.75. The molecule has 1 aromatic carbocycles. The van der Waals surface area contributed by atoms with Crippen LogP contribution in [0.3, 0.4) is 0 Å². The van der Waals surface area contributed by atoms with Crippen molar-refractivity contribution in [3.63, 3.8) is 0 Å². The minimum Gasteiger partial charge on any atom is -0.462 e. The molecule has 1 amide bonds. The number of aromatic nitrogens is 1. The van der Waals surface area contributed by atoms with Gasteiger partial charge in [0.25, 0.3) is 0 Å². The van der Waals surface area contributed by atoms with Crippen molar-refractivity contribution in [3.8, 4) is 0 Å². The van der Waals surface area contributed by atoms with E-state index >= 15 is 0 Å². The fourth-order valence-electron chi connectivity index (χ4n) is 3.18. The van der Waals surface area contributed by atoms with Crippen molar-refractivity contribution in [2.24, 2.45) is 5.14 Å². The average Bonchev–Trinajstić information content (AvgIpc) is 2.74. The van der Waals surface area contributed by atoms with E-state index in [0.717, 1.165) is 11.4 Å². The maximum atomic E-state index is 12.6. The number of hydrogen-bond donors (Lipinski definition) is 1. The van der Waals surface area contributed by atoms with Gasteiger partial charge in [-0.15, -0.1) is 0 Å². The molecule has 0 saturated carbocycles. The second kappa shape index (κ2) is 9.23. The van der Waals surface area contributed by atoms with Gasteiger partial charge in [0.1, 0.15) is 5.82 Å². The van der Waals surface area contributed by atoms with Gasteiger partial charge in [-0.25, -0.2) is 23.3 Å². The molecule has 10 heteroatoms. The highest BCUT2D eigenvalue weighted by atomic mass is 32.2. The monoisotopic (exact) mass is 432 g/mol. The van der Waals surface area contributed by atoms with Gasteiger partial charge in [-0.05, 0) is 36.8 Å². The predicted octanol–water partition coefficient (Wildman–Crippen LogP) is 0.797. The van der Waals surface area contributed by atoms with Crippen molar-refractivity contribution < 1.29 is 22.7 Å². The number of benzene rings is 1. The summed E-state index contributed by atoms with van der Waals surface area (Å²) in [7, 11) is -3.74. The predicted molar refractivity (Wildman–Crippen MR) is 111 cm³/mol. The standard InChI is InChI=1S/C20H24N4O5S/c1-2-29-20(26)16-5-8-18(22-14-16)23-9-11-24(12-10-23)19(25)13-15-3-6-17(7-4-15)30(21,27)28/h3-8,14H,2,9-13H2,1H3,(H2,21,27,28). The number of nitrogens with zero attached hydrogens (tertiary/aromatic N) is 3. The zero-order chi connectivity index (χ0) is 21.7. The van der Waals surface area contributed by atoms with E-state index in [0.29, 0.717) is 38.3 Å². The lowest BCUT2D eigenvalue weighted by atomic mass is 10.1. The van der Waals surface area contributed by atoms with Crippen LogP contribution in [-0.2, 0) is 26.0 Å². The number of rotatable bonds is 6. The van der Waals surface area contributed by atoms with E-state index in [4.69, 9.17) is 9.88 Å². The molecule has 0 aliphatic carbocycles. The van der Waals surface area contributed by atoms with E-state index < -0.39 is 16.0 Å². The van der Waals surface area contributed by atoms with Gasteiger partial charge in [-0.2, -0.15) is 0 Å². The molecule has 160 valence electrons. The number of ether oxygens (including phenoxy) is 1. The van der Waals surface area contributed by atoms with Gasteiger partial charge in [0.05, 0.1) is 23.5 Å². The smallest absolute Gasteiger partial charge is 0.339 e. The van der Waals surface area contributed by atoms with Crippen LogP contribution in [0.25, 0.3) is 0 Å². The third-order valence-electron chi connectivity index (χ3n) is 4.82. The Balaban J connectivity index is 1.53. The van der Waals surface area contributed by atoms with E-state index in [1.165, 1.54) is 18.3 Å². The number of carbonyl (C=O) groups is 2. The highest BCUT2D eigenvalue weighted by Gasteiger charge is 2.22. The molecule has 30 heavy (non-hydrogen) atoms. The van der Waals surface area contributed by atoms with Gasteiger partial charge in [0.2, 0.25) is 15.9 Å². The van der Waals surface area contributed by atoms with Crippen LogP contribution in [0.2, 0.25) is 0 Å². The lowest BCUT2D eigenvalue weighted by Gasteiger charge is -2.35. The molecular formula is C20H24N4O5S. The zero-order valence-electron chi connectivity index (χ0n) is 16.7. The largest absolute Gasteiger partial charge is 0.462 e. The van der Waals surface area contributed by atoms with E-state index in [1.807, 2.05) is 0 Å². The Kier molecular flexibility index (Phi) is 6.68. The van der Waals surface area contributed by atoms with Crippen LogP contribution in [0.15, 0.2) is 47.5 Å². The summed E-state index contributed by atoms with van der Waals surface area (Å²) < 4.78 is 27.6. The first kappa shape index (κ1) is 21.7. The first-order valence-corrected chi connectivity index (χ1v) is 11.1. The van der Waals surface area contributed by atoms with Crippen LogP contribution in [0.4, 0.5) is 5.82 Å². The van der Waals surface area contributed by atoms with Crippen molar-refractivity contribution in [1.82, 2.24) is 9.88 Å². The van der Waals surface area contributed by atoms with Crippen molar-refractivity contribution in [3.05, 3.63) is 53.7 Å². The lowest BCUT2D eigenvalue weighted by Crippen LogP contribution is -2.49. The molecule has 2 aromatic rings. The van der Waals surface area contributed by atoms with E-state index in [2.05, 4.69) is 9.88 Å². The topological polar surface area (TPSA) is 123 Å². The van der Waals surface area contributed by atoms with E-state index in [1.54, 1.807) is 36.1 Å². The van der Waals surface area contributed by atoms with Crippen LogP contribution in [0.5, 0.6) is 0 Å². The van der Waals surface area contributed by atoms with Gasteiger partial charge in [-0.1, -0.05) is 12.1 Å². The van der Waals surface area contributed by atoms with E-state index in [-0.39, 0.29) is 17.2 Å². The van der Waals surface area contributed by atoms with Gasteiger partial charge in [0.15, 0.2) is 0 Å². The molecule has 0 bridgehead atoms. The molecular weight excluding hydrogens is 408 g/mol. The lowest BCUT2D eigenvalue weighted by molar-refractivity contribution is -0.130. The first-order valence-electron chi connectivity index (χ1n) is 9.55. The molecule has 3 rings (SSSR count). The van der Waals surface area contributed by atoms with Crippen LogP contribution in [0, 0.1) is 0 Å². The molecule has 2 N–H and O–H groups in total. The summed E-state index contributed by atoms with van der Waals surface area (Å²) in [5.74, 6) is 0.321. The summed E-state index contributed by atoms with van der Waals surface area (Å²) in [6, 6.07) is 9.47. The average molecular weight is 433 g/mol. The molecule has 0 radical (unpaired) electrons. The van der Waals surface area contributed by atoms with Crippen LogP contribution >= 0.6 is 0 Å². The number of nitrogens with two attached hydrogens (primary N) is 1. The molecule has 9 nitrogen and oxygen atoms in total. The van der Waals surface area contributed by atoms with E-state index in [9.17, 15) is 18.0 Å². The Labute approximate surface area is 175 Å². The SMILES string of the molecule is CCOC(=O)c1ccc(N2CCN(C(=O)Cc3ccc(S(N)(=O)=O)cc3)CC2)nc1. The third kappa shape index (κ3) is 5.33. The zero-order valence-corrected chi connectivity index (χ0v) is 17.5. The Hall–Kier alpha value is -2.98. The number of esters is 1. The fraction of sp³-hybridized carbons (Fsp3) is 0.350. The second-order valence-corrected chi connectivity index (χ2v) is 8.42. The molecule has 2 heterocycles. The maximum Gasteiger partial charge on any atom is 0.339 e. The van der Waals surface area contributed by atoms with Crippen LogP contribution in [0.1, 0.15) is 22.8 Å². The van der Waals surface area contributed by atoms with Crippen LogP contribution in [-0.4, -0.2) is 63.0 Å². The number of carbonyl (C=O) groups excluding carboxylic acids is 2. The normalized spacial score (nSPS) is 14.5. The summed E-state index contributed by atoms with van der Waals surface area (Å²) >= 11 is 0. The number of amides is 1. The molecule has 1 aromatic heterocycles. The van der Waals surface area contributed by atoms with Gasteiger partial charge < -0.3 is 14.5 Å². The highest BCUT2D eigenvalue weighted by Crippen LogP contribution is 2.16. The van der Waals surface area contributed by atoms with Crippen molar-refractivity contribution >= 4 is 27.7 Å². The summed E-state index contributed by atoms with van der Waals surface area (Å²) in [4.78, 5) is 32.5. The molecule has 1 fully saturated rings. The van der Waals surface area contributed by atoms with Crippen LogP contribution < -0.4 is 10.0 Å². The Bertz CT molecular complexity index is 998. The molecule has 1 aliphatic rings. The minimum atomic E-state index is -3.74. The summed E-state index contributed by atoms with van der Waals surface area (Å²) in [5, 5.41) is 5.09. The number of primary sulfonamides is 1. The Morgan fingerprint density at radius 2 is 1.73 bits per heavy atom. The highest BCUT2D eigenvalue weighted by molar-refractivity contribution is 7.89. The maximum absolute atomic E-state index is 12.6. The second-order valence-electron chi connectivity index (χ2n) is 6.86. The minimum absolute atomic E-state index is 0.0220. The van der Waals surface area contributed by atoms with Crippen molar-refractivity contribution in [1.29, 1.82) is 0 Å².